The standard InChI is InChI=1S/C38H32I5N2O7/c1-18(21-17-25(21)42-3)33(46)50-31-23-16-22-29(34(47)51-32(22)31)30(23)35(48)52-36(37(2,39)40)38(41,44-49)43-24-12-6-9-15-28(24)45-26-13-7-4-10-19(26)20-11-5-8-14-27(20)45/h4-15,21-23,25,29-32,36H,1,3,16-17H2,2H3/q-1/p+1. The number of alkyl halides is 5. The van der Waals surface area contributed by atoms with Gasteiger partial charge in [-0.05, 0) is 0 Å². The molecule has 2 heterocycles. The molecule has 0 aromatic heterocycles. The number of carbonyl (C=O) groups is 3. The van der Waals surface area contributed by atoms with Crippen molar-refractivity contribution >= 4 is 128 Å². The summed E-state index contributed by atoms with van der Waals surface area (Å²) in [6.45, 7) is 5.93. The maximum absolute atomic E-state index is 14.4. The predicted molar refractivity (Wildman–Crippen MR) is 226 cm³/mol. The fraction of sp³-hybridized carbons (Fsp3) is 0.368. The molecule has 2 aliphatic heterocycles. The van der Waals surface area contributed by atoms with Gasteiger partial charge < -0.3 is 0 Å². The van der Waals surface area contributed by atoms with Crippen LogP contribution >= 0.6 is 88.5 Å². The van der Waals surface area contributed by atoms with Crippen LogP contribution in [0.25, 0.3) is 11.1 Å². The van der Waals surface area contributed by atoms with Gasteiger partial charge in [-0.2, -0.15) is 0 Å². The SMILES string of the molecule is C=IC1CC1C(=C)C(=O)OC1C2CC3C1OC(=O)C3C2C(=O)OC(C(C)(I)I)C(I)(N=O)[I-]c1ccccc1[NH+]1c2ccccc2-c2ccccc21. The molecule has 3 aromatic carbocycles. The predicted octanol–water partition coefficient (Wildman–Crippen LogP) is 4.53. The molecule has 52 heavy (non-hydrogen) atoms. The van der Waals surface area contributed by atoms with Crippen molar-refractivity contribution in [1.82, 2.24) is 0 Å². The number of rotatable bonds is 12. The van der Waals surface area contributed by atoms with Crippen molar-refractivity contribution in [1.29, 1.82) is 0 Å². The van der Waals surface area contributed by atoms with E-state index in [2.05, 4.69) is 114 Å². The summed E-state index contributed by atoms with van der Waals surface area (Å²) in [4.78, 5) is 55.1. The third kappa shape index (κ3) is 6.45. The van der Waals surface area contributed by atoms with Gasteiger partial charge in [0.1, 0.15) is 0 Å². The zero-order valence-electron chi connectivity index (χ0n) is 27.6. The van der Waals surface area contributed by atoms with Gasteiger partial charge in [-0.1, -0.05) is 4.51 Å². The summed E-state index contributed by atoms with van der Waals surface area (Å²) in [5.74, 6) is -3.67. The molecule has 14 heteroatoms. The zero-order chi connectivity index (χ0) is 36.7. The van der Waals surface area contributed by atoms with E-state index in [9.17, 15) is 19.3 Å². The second-order valence-corrected chi connectivity index (χ2v) is 30.0. The van der Waals surface area contributed by atoms with Gasteiger partial charge in [0.15, 0.2) is 0 Å². The summed E-state index contributed by atoms with van der Waals surface area (Å²) < 4.78 is 21.6. The van der Waals surface area contributed by atoms with Crippen LogP contribution in [-0.2, 0) is 28.6 Å². The summed E-state index contributed by atoms with van der Waals surface area (Å²) in [7, 11) is 0. The number of hydrogen-bond donors (Lipinski definition) is 1. The molecule has 10 unspecified atom stereocenters. The van der Waals surface area contributed by atoms with Crippen molar-refractivity contribution in [2.45, 2.75) is 45.0 Å². The molecule has 9 nitrogen and oxygen atoms in total. The molecule has 10 atom stereocenters. The summed E-state index contributed by atoms with van der Waals surface area (Å²) >= 11 is 5.06. The molecule has 5 aliphatic rings. The van der Waals surface area contributed by atoms with Crippen LogP contribution in [0.3, 0.4) is 0 Å². The van der Waals surface area contributed by atoms with Crippen molar-refractivity contribution in [2.24, 2.45) is 34.8 Å². The number of fused-ring (bicyclic) bond motifs is 4. The first kappa shape index (κ1) is 37.8. The summed E-state index contributed by atoms with van der Waals surface area (Å²) in [5, 5.41) is 3.75. The van der Waals surface area contributed by atoms with Gasteiger partial charge in [0.2, 0.25) is 0 Å². The van der Waals surface area contributed by atoms with Crippen molar-refractivity contribution in [3.63, 3.8) is 0 Å². The molecule has 4 fully saturated rings. The molecule has 2 bridgehead atoms. The number of benzene rings is 3. The van der Waals surface area contributed by atoms with Crippen LogP contribution in [-0.4, -0.2) is 47.6 Å². The van der Waals surface area contributed by atoms with E-state index in [1.807, 2.05) is 49.4 Å². The number of nitrogens with zero attached hydrogens (tertiary/aromatic N) is 1. The molecule has 272 valence electrons. The van der Waals surface area contributed by atoms with Crippen molar-refractivity contribution < 1.29 is 54.7 Å². The van der Waals surface area contributed by atoms with Crippen LogP contribution in [0.4, 0.5) is 17.1 Å². The Bertz CT molecular complexity index is 1990. The number of nitroso groups, excluding NO2 is 1. The Hall–Kier alpha value is -1.11. The summed E-state index contributed by atoms with van der Waals surface area (Å²) in [5.41, 5.74) is 6.05. The van der Waals surface area contributed by atoms with Gasteiger partial charge in [-0.25, -0.2) is 0 Å². The van der Waals surface area contributed by atoms with Crippen LogP contribution in [0.5, 0.6) is 0 Å². The minimum atomic E-state index is -1.31. The molecule has 0 spiro atoms. The van der Waals surface area contributed by atoms with Crippen LogP contribution in [0.15, 0.2) is 90.1 Å². The van der Waals surface area contributed by atoms with Gasteiger partial charge in [0.25, 0.3) is 0 Å². The molecule has 3 aliphatic carbocycles. The second-order valence-electron chi connectivity index (χ2n) is 13.9. The Morgan fingerprint density at radius 1 is 0.981 bits per heavy atom. The number of para-hydroxylation sites is 3. The van der Waals surface area contributed by atoms with E-state index in [-0.39, 0.29) is 32.6 Å². The van der Waals surface area contributed by atoms with Crippen molar-refractivity contribution in [3.8, 4) is 11.1 Å². The Morgan fingerprint density at radius 2 is 1.60 bits per heavy atom. The van der Waals surface area contributed by atoms with E-state index < -0.39 is 78.2 Å². The summed E-state index contributed by atoms with van der Waals surface area (Å²) in [6, 6.07) is 24.8. The maximum atomic E-state index is 14.4. The molecule has 3 saturated carbocycles. The number of hydrogen-bond acceptors (Lipinski definition) is 8. The average molecular weight is 1260 g/mol. The molecule has 8 rings (SSSR count). The van der Waals surface area contributed by atoms with E-state index in [1.54, 1.807) is 0 Å². The normalized spacial score (nSPS) is 29.8. The van der Waals surface area contributed by atoms with E-state index in [0.29, 0.717) is 15.9 Å². The van der Waals surface area contributed by atoms with Gasteiger partial charge in [0.05, 0.1) is 0 Å². The topological polar surface area (TPSA) is 113 Å². The molecular weight excluding hydrogens is 1230 g/mol. The van der Waals surface area contributed by atoms with Crippen LogP contribution in [0, 0.1) is 38.1 Å². The monoisotopic (exact) mass is 1260 g/mol. The van der Waals surface area contributed by atoms with E-state index in [0.717, 1.165) is 43.1 Å². The number of esters is 3. The molecule has 0 radical (unpaired) electrons. The molecule has 1 saturated heterocycles. The van der Waals surface area contributed by atoms with Crippen LogP contribution < -0.4 is 26.1 Å². The number of ether oxygens (including phenoxy) is 3. The number of halogens is 5. The fourth-order valence-electron chi connectivity index (χ4n) is 8.50. The van der Waals surface area contributed by atoms with Crippen molar-refractivity contribution in [2.75, 3.05) is 0 Å². The Balaban J connectivity index is 1.07. The number of nitrogens with one attached hydrogen (secondary N) is 1. The van der Waals surface area contributed by atoms with Gasteiger partial charge in [0, 0.05) is 0 Å². The molecule has 0 amide bonds. The number of carbonyl (C=O) groups excluding carboxylic acids is 3. The van der Waals surface area contributed by atoms with Crippen molar-refractivity contribution in [3.05, 3.63) is 93.4 Å². The minimum absolute atomic E-state index is 0.0966. The van der Waals surface area contributed by atoms with E-state index in [4.69, 9.17) is 14.2 Å². The Kier molecular flexibility index (Phi) is 10.5. The Labute approximate surface area is 362 Å². The third-order valence-corrected chi connectivity index (χ3v) is 19.7. The molecule has 3 aromatic rings. The van der Waals surface area contributed by atoms with Crippen LogP contribution in [0.2, 0.25) is 0 Å². The van der Waals surface area contributed by atoms with Gasteiger partial charge in [-0.3, -0.25) is 0 Å². The fourth-order valence-corrected chi connectivity index (χ4v) is 19.3. The average Bonchev–Trinajstić information content (AvgIpc) is 3.41. The second kappa shape index (κ2) is 14.4. The summed E-state index contributed by atoms with van der Waals surface area (Å²) in [6.07, 6.45) is -0.862. The Morgan fingerprint density at radius 3 is 2.19 bits per heavy atom. The van der Waals surface area contributed by atoms with Crippen LogP contribution in [0.1, 0.15) is 19.8 Å². The third-order valence-electron chi connectivity index (χ3n) is 10.9. The first-order valence-corrected chi connectivity index (χ1v) is 24.9. The first-order valence-electron chi connectivity index (χ1n) is 16.8. The molecule has 1 N–H and O–H groups in total. The number of quaternary nitrogens is 1. The molecular formula is C38H33I5N2O7. The zero-order valence-corrected chi connectivity index (χ0v) is 38.4. The first-order chi connectivity index (χ1) is 24.9. The quantitative estimate of drug-likeness (QED) is 0.0423. The van der Waals surface area contributed by atoms with E-state index in [1.165, 1.54) is 0 Å². The van der Waals surface area contributed by atoms with E-state index >= 15 is 0 Å². The van der Waals surface area contributed by atoms with Gasteiger partial charge >= 0.3 is 342 Å². The van der Waals surface area contributed by atoms with Gasteiger partial charge in [-0.15, -0.1) is 20.7 Å².